The van der Waals surface area contributed by atoms with E-state index in [4.69, 9.17) is 34.8 Å². The molecule has 0 atom stereocenters. The Bertz CT molecular complexity index is 611. The Labute approximate surface area is 132 Å². The molecule has 2 rings (SSSR count). The number of carbonyl (C=O) groups excluding carboxylic acids is 1. The van der Waals surface area contributed by atoms with Crippen LogP contribution in [0.1, 0.15) is 12.0 Å². The maximum Gasteiger partial charge on any atom is 0.224 e. The summed E-state index contributed by atoms with van der Waals surface area (Å²) in [6.07, 6.45) is 1.01. The van der Waals surface area contributed by atoms with Crippen molar-refractivity contribution in [3.63, 3.8) is 0 Å². The predicted octanol–water partition coefficient (Wildman–Crippen LogP) is 5.22. The highest BCUT2D eigenvalue weighted by Gasteiger charge is 2.08. The topological polar surface area (TPSA) is 29.1 Å². The van der Waals surface area contributed by atoms with E-state index in [9.17, 15) is 4.79 Å². The molecule has 0 unspecified atom stereocenters. The number of amides is 1. The van der Waals surface area contributed by atoms with Gasteiger partial charge in [-0.1, -0.05) is 53.0 Å². The van der Waals surface area contributed by atoms with Crippen LogP contribution in [0.5, 0.6) is 0 Å². The van der Waals surface area contributed by atoms with Crippen LogP contribution in [0.25, 0.3) is 0 Å². The maximum atomic E-state index is 11.9. The third-order valence-corrected chi connectivity index (χ3v) is 3.85. The van der Waals surface area contributed by atoms with Crippen molar-refractivity contribution in [3.8, 4) is 0 Å². The Morgan fingerprint density at radius 3 is 2.40 bits per heavy atom. The Hall–Kier alpha value is -1.22. The van der Waals surface area contributed by atoms with E-state index in [2.05, 4.69) is 5.32 Å². The van der Waals surface area contributed by atoms with Crippen LogP contribution in [0.2, 0.25) is 15.1 Å². The number of hydrogen-bond donors (Lipinski definition) is 1. The molecule has 0 fully saturated rings. The van der Waals surface area contributed by atoms with Gasteiger partial charge < -0.3 is 5.32 Å². The van der Waals surface area contributed by atoms with Crippen LogP contribution in [0.4, 0.5) is 5.69 Å². The van der Waals surface area contributed by atoms with E-state index in [0.717, 1.165) is 5.56 Å². The Morgan fingerprint density at radius 2 is 1.70 bits per heavy atom. The van der Waals surface area contributed by atoms with Crippen LogP contribution < -0.4 is 5.32 Å². The highest BCUT2D eigenvalue weighted by atomic mass is 35.5. The molecule has 0 heterocycles. The Balaban J connectivity index is 1.92. The summed E-state index contributed by atoms with van der Waals surface area (Å²) in [5, 5.41) is 4.21. The second-order valence-corrected chi connectivity index (χ2v) is 5.50. The zero-order chi connectivity index (χ0) is 14.5. The van der Waals surface area contributed by atoms with Gasteiger partial charge in [0.2, 0.25) is 5.91 Å². The fourth-order valence-corrected chi connectivity index (χ4v) is 2.20. The third-order valence-electron chi connectivity index (χ3n) is 2.78. The molecule has 0 saturated heterocycles. The molecule has 0 aromatic heterocycles. The number of carbonyl (C=O) groups is 1. The minimum Gasteiger partial charge on any atom is -0.325 e. The van der Waals surface area contributed by atoms with Crippen LogP contribution in [-0.4, -0.2) is 5.91 Å². The van der Waals surface area contributed by atoms with Crippen molar-refractivity contribution in [3.05, 3.63) is 63.1 Å². The number of halogens is 3. The summed E-state index contributed by atoms with van der Waals surface area (Å²) in [6.45, 7) is 0. The first-order valence-electron chi connectivity index (χ1n) is 6.04. The van der Waals surface area contributed by atoms with Gasteiger partial charge in [0.05, 0.1) is 15.7 Å². The van der Waals surface area contributed by atoms with E-state index >= 15 is 0 Å². The lowest BCUT2D eigenvalue weighted by Crippen LogP contribution is -2.12. The molecule has 0 aliphatic carbocycles. The zero-order valence-electron chi connectivity index (χ0n) is 10.5. The van der Waals surface area contributed by atoms with Gasteiger partial charge in [0.1, 0.15) is 0 Å². The standard InChI is InChI=1S/C15H12Cl3NO/c16-11-7-4-10(5-8-11)6-9-14(20)19-13-3-1-2-12(17)15(13)18/h1-5,7-8H,6,9H2,(H,19,20). The van der Waals surface area contributed by atoms with Crippen molar-refractivity contribution in [1.82, 2.24) is 0 Å². The summed E-state index contributed by atoms with van der Waals surface area (Å²) in [6, 6.07) is 12.6. The SMILES string of the molecule is O=C(CCc1ccc(Cl)cc1)Nc1cccc(Cl)c1Cl. The average Bonchev–Trinajstić information content (AvgIpc) is 2.43. The van der Waals surface area contributed by atoms with Gasteiger partial charge in [-0.05, 0) is 36.2 Å². The lowest BCUT2D eigenvalue weighted by atomic mass is 10.1. The largest absolute Gasteiger partial charge is 0.325 e. The highest BCUT2D eigenvalue weighted by molar-refractivity contribution is 6.43. The van der Waals surface area contributed by atoms with Crippen molar-refractivity contribution in [2.45, 2.75) is 12.8 Å². The number of benzene rings is 2. The van der Waals surface area contributed by atoms with Crippen LogP contribution in [0.15, 0.2) is 42.5 Å². The molecule has 5 heteroatoms. The average molecular weight is 329 g/mol. The van der Waals surface area contributed by atoms with E-state index < -0.39 is 0 Å². The molecule has 0 aliphatic heterocycles. The molecule has 0 radical (unpaired) electrons. The molecule has 104 valence electrons. The number of aryl methyl sites for hydroxylation is 1. The zero-order valence-corrected chi connectivity index (χ0v) is 12.8. The molecule has 1 amide bonds. The monoisotopic (exact) mass is 327 g/mol. The molecule has 0 spiro atoms. The van der Waals surface area contributed by atoms with E-state index in [0.29, 0.717) is 33.6 Å². The number of hydrogen-bond acceptors (Lipinski definition) is 1. The molecule has 0 saturated carbocycles. The summed E-state index contributed by atoms with van der Waals surface area (Å²) >= 11 is 17.7. The van der Waals surface area contributed by atoms with Crippen LogP contribution in [-0.2, 0) is 11.2 Å². The lowest BCUT2D eigenvalue weighted by Gasteiger charge is -2.08. The number of nitrogens with one attached hydrogen (secondary N) is 1. The molecule has 20 heavy (non-hydrogen) atoms. The highest BCUT2D eigenvalue weighted by Crippen LogP contribution is 2.29. The molecular formula is C15H12Cl3NO. The van der Waals surface area contributed by atoms with Crippen molar-refractivity contribution in [2.75, 3.05) is 5.32 Å². The molecule has 1 N–H and O–H groups in total. The van der Waals surface area contributed by atoms with Gasteiger partial charge >= 0.3 is 0 Å². The van der Waals surface area contributed by atoms with Gasteiger partial charge in [-0.15, -0.1) is 0 Å². The van der Waals surface area contributed by atoms with Gasteiger partial charge in [0, 0.05) is 11.4 Å². The normalized spacial score (nSPS) is 10.3. The molecule has 0 bridgehead atoms. The first-order valence-corrected chi connectivity index (χ1v) is 7.18. The van der Waals surface area contributed by atoms with Crippen molar-refractivity contribution >= 4 is 46.4 Å². The van der Waals surface area contributed by atoms with E-state index in [1.807, 2.05) is 24.3 Å². The van der Waals surface area contributed by atoms with Crippen LogP contribution >= 0.6 is 34.8 Å². The van der Waals surface area contributed by atoms with Gasteiger partial charge in [-0.25, -0.2) is 0 Å². The lowest BCUT2D eigenvalue weighted by molar-refractivity contribution is -0.116. The number of rotatable bonds is 4. The Morgan fingerprint density at radius 1 is 1.00 bits per heavy atom. The fourth-order valence-electron chi connectivity index (χ4n) is 1.72. The molecular weight excluding hydrogens is 317 g/mol. The van der Waals surface area contributed by atoms with Crippen molar-refractivity contribution < 1.29 is 4.79 Å². The minimum absolute atomic E-state index is 0.107. The molecule has 0 aliphatic rings. The third kappa shape index (κ3) is 4.14. The summed E-state index contributed by atoms with van der Waals surface area (Å²) < 4.78 is 0. The first-order chi connectivity index (χ1) is 9.56. The predicted molar refractivity (Wildman–Crippen MR) is 84.9 cm³/mol. The summed E-state index contributed by atoms with van der Waals surface area (Å²) in [5.41, 5.74) is 1.59. The maximum absolute atomic E-state index is 11.9. The number of anilines is 1. The van der Waals surface area contributed by atoms with E-state index in [1.165, 1.54) is 0 Å². The quantitative estimate of drug-likeness (QED) is 0.819. The second-order valence-electron chi connectivity index (χ2n) is 4.28. The van der Waals surface area contributed by atoms with Crippen LogP contribution in [0, 0.1) is 0 Å². The van der Waals surface area contributed by atoms with E-state index in [-0.39, 0.29) is 5.91 Å². The Kier molecular flexibility index (Phi) is 5.30. The summed E-state index contributed by atoms with van der Waals surface area (Å²) in [7, 11) is 0. The van der Waals surface area contributed by atoms with Crippen molar-refractivity contribution in [2.24, 2.45) is 0 Å². The summed E-state index contributed by atoms with van der Waals surface area (Å²) in [5.74, 6) is -0.107. The van der Waals surface area contributed by atoms with Gasteiger partial charge in [0.25, 0.3) is 0 Å². The first kappa shape index (κ1) is 15.2. The fraction of sp³-hybridized carbons (Fsp3) is 0.133. The van der Waals surface area contributed by atoms with Gasteiger partial charge in [-0.2, -0.15) is 0 Å². The van der Waals surface area contributed by atoms with E-state index in [1.54, 1.807) is 18.2 Å². The summed E-state index contributed by atoms with van der Waals surface area (Å²) in [4.78, 5) is 11.9. The minimum atomic E-state index is -0.107. The molecule has 2 nitrogen and oxygen atoms in total. The van der Waals surface area contributed by atoms with Gasteiger partial charge in [0.15, 0.2) is 0 Å². The smallest absolute Gasteiger partial charge is 0.224 e. The second kappa shape index (κ2) is 6.98. The van der Waals surface area contributed by atoms with Crippen LogP contribution in [0.3, 0.4) is 0 Å². The van der Waals surface area contributed by atoms with Gasteiger partial charge in [-0.3, -0.25) is 4.79 Å². The van der Waals surface area contributed by atoms with Crippen molar-refractivity contribution in [1.29, 1.82) is 0 Å². The molecule has 2 aromatic rings. The molecule has 2 aromatic carbocycles.